The maximum Gasteiger partial charge on any atom is 0.234 e. The van der Waals surface area contributed by atoms with Crippen molar-refractivity contribution in [2.75, 3.05) is 23.1 Å². The number of halogens is 1. The number of amides is 1. The lowest BCUT2D eigenvalue weighted by atomic mass is 10.2. The molecule has 1 aromatic carbocycles. The Labute approximate surface area is 85.9 Å². The van der Waals surface area contributed by atoms with Crippen LogP contribution in [0.4, 0.5) is 15.8 Å². The van der Waals surface area contributed by atoms with E-state index in [1.54, 1.807) is 6.26 Å². The largest absolute Gasteiger partial charge is 0.397 e. The fourth-order valence-electron chi connectivity index (χ4n) is 0.979. The molecule has 0 spiro atoms. The molecule has 0 aliphatic carbocycles. The van der Waals surface area contributed by atoms with Gasteiger partial charge in [0, 0.05) is 0 Å². The average Bonchev–Trinajstić information content (AvgIpc) is 2.12. The van der Waals surface area contributed by atoms with Crippen molar-refractivity contribution in [3.8, 4) is 0 Å². The highest BCUT2D eigenvalue weighted by molar-refractivity contribution is 7.99. The van der Waals surface area contributed by atoms with Crippen LogP contribution in [0.5, 0.6) is 0 Å². The van der Waals surface area contributed by atoms with E-state index in [9.17, 15) is 9.18 Å². The molecule has 3 N–H and O–H groups in total. The highest BCUT2D eigenvalue weighted by Gasteiger charge is 2.08. The van der Waals surface area contributed by atoms with Crippen molar-refractivity contribution in [2.45, 2.75) is 0 Å². The third kappa shape index (κ3) is 2.63. The standard InChI is InChI=1S/C9H11FN2OS/c1-14-5-8(13)12-9-6(10)3-2-4-7(9)11/h2-4H,5,11H2,1H3,(H,12,13). The van der Waals surface area contributed by atoms with Crippen molar-refractivity contribution in [3.05, 3.63) is 24.0 Å². The third-order valence-electron chi connectivity index (χ3n) is 1.59. The van der Waals surface area contributed by atoms with Crippen molar-refractivity contribution in [2.24, 2.45) is 0 Å². The quantitative estimate of drug-likeness (QED) is 0.753. The number of rotatable bonds is 3. The smallest absolute Gasteiger partial charge is 0.234 e. The summed E-state index contributed by atoms with van der Waals surface area (Å²) >= 11 is 1.37. The van der Waals surface area contributed by atoms with Gasteiger partial charge in [-0.15, -0.1) is 0 Å². The van der Waals surface area contributed by atoms with Gasteiger partial charge in [-0.25, -0.2) is 4.39 Å². The zero-order chi connectivity index (χ0) is 10.6. The molecule has 0 saturated heterocycles. The second kappa shape index (κ2) is 4.85. The molecule has 0 bridgehead atoms. The number of hydrogen-bond acceptors (Lipinski definition) is 3. The Morgan fingerprint density at radius 1 is 1.64 bits per heavy atom. The molecule has 0 atom stereocenters. The van der Waals surface area contributed by atoms with Crippen molar-refractivity contribution < 1.29 is 9.18 Å². The predicted molar refractivity (Wildman–Crippen MR) is 57.8 cm³/mol. The number of benzene rings is 1. The zero-order valence-corrected chi connectivity index (χ0v) is 8.53. The average molecular weight is 214 g/mol. The van der Waals surface area contributed by atoms with Crippen molar-refractivity contribution in [1.82, 2.24) is 0 Å². The minimum atomic E-state index is -0.514. The van der Waals surface area contributed by atoms with Crippen molar-refractivity contribution >= 4 is 29.0 Å². The van der Waals surface area contributed by atoms with Crippen LogP contribution in [-0.4, -0.2) is 17.9 Å². The fourth-order valence-corrected chi connectivity index (χ4v) is 1.31. The van der Waals surface area contributed by atoms with Gasteiger partial charge in [0.2, 0.25) is 5.91 Å². The predicted octanol–water partition coefficient (Wildman–Crippen LogP) is 1.71. The Morgan fingerprint density at radius 3 is 2.93 bits per heavy atom. The molecule has 1 amide bonds. The molecule has 1 rings (SSSR count). The topological polar surface area (TPSA) is 55.1 Å². The maximum absolute atomic E-state index is 13.1. The Kier molecular flexibility index (Phi) is 3.76. The van der Waals surface area contributed by atoms with Crippen LogP contribution in [0.25, 0.3) is 0 Å². The van der Waals surface area contributed by atoms with Gasteiger partial charge in [-0.3, -0.25) is 4.79 Å². The van der Waals surface area contributed by atoms with E-state index in [0.29, 0.717) is 0 Å². The van der Waals surface area contributed by atoms with Crippen LogP contribution in [-0.2, 0) is 4.79 Å². The minimum absolute atomic E-state index is 0.0616. The summed E-state index contributed by atoms with van der Waals surface area (Å²) in [6, 6.07) is 4.29. The lowest BCUT2D eigenvalue weighted by Crippen LogP contribution is -2.16. The number of thioether (sulfide) groups is 1. The zero-order valence-electron chi connectivity index (χ0n) is 7.71. The Balaban J connectivity index is 2.80. The first kappa shape index (κ1) is 10.8. The van der Waals surface area contributed by atoms with Crippen LogP contribution < -0.4 is 11.1 Å². The number of nitrogen functional groups attached to an aromatic ring is 1. The highest BCUT2D eigenvalue weighted by Crippen LogP contribution is 2.21. The van der Waals surface area contributed by atoms with Crippen LogP contribution in [0.3, 0.4) is 0 Å². The lowest BCUT2D eigenvalue weighted by molar-refractivity contribution is -0.113. The molecule has 0 aliphatic rings. The van der Waals surface area contributed by atoms with Crippen LogP contribution in [0.1, 0.15) is 0 Å². The van der Waals surface area contributed by atoms with Crippen LogP contribution in [0, 0.1) is 5.82 Å². The Bertz CT molecular complexity index is 323. The van der Waals surface area contributed by atoms with Gasteiger partial charge in [-0.1, -0.05) is 6.07 Å². The molecule has 3 nitrogen and oxygen atoms in total. The summed E-state index contributed by atoms with van der Waals surface area (Å²) in [4.78, 5) is 11.2. The molecular weight excluding hydrogens is 203 g/mol. The van der Waals surface area contributed by atoms with E-state index in [-0.39, 0.29) is 23.0 Å². The second-order valence-electron chi connectivity index (χ2n) is 2.69. The summed E-state index contributed by atoms with van der Waals surface area (Å²) < 4.78 is 13.1. The van der Waals surface area contributed by atoms with Gasteiger partial charge in [-0.2, -0.15) is 11.8 Å². The van der Waals surface area contributed by atoms with E-state index >= 15 is 0 Å². The lowest BCUT2D eigenvalue weighted by Gasteiger charge is -2.07. The molecule has 14 heavy (non-hydrogen) atoms. The number of nitrogens with one attached hydrogen (secondary N) is 1. The SMILES string of the molecule is CSCC(=O)Nc1c(N)cccc1F. The molecule has 1 aromatic rings. The molecule has 0 radical (unpaired) electrons. The molecule has 5 heteroatoms. The fraction of sp³-hybridized carbons (Fsp3) is 0.222. The van der Waals surface area contributed by atoms with Gasteiger partial charge < -0.3 is 11.1 Å². The molecule has 0 aliphatic heterocycles. The number of para-hydroxylation sites is 1. The van der Waals surface area contributed by atoms with E-state index in [0.717, 1.165) is 0 Å². The summed E-state index contributed by atoms with van der Waals surface area (Å²) in [5.74, 6) is -0.484. The monoisotopic (exact) mass is 214 g/mol. The highest BCUT2D eigenvalue weighted by atomic mass is 32.2. The van der Waals surface area contributed by atoms with Gasteiger partial charge in [0.25, 0.3) is 0 Å². The Morgan fingerprint density at radius 2 is 2.36 bits per heavy atom. The van der Waals surface area contributed by atoms with Crippen molar-refractivity contribution in [3.63, 3.8) is 0 Å². The molecule has 0 fully saturated rings. The van der Waals surface area contributed by atoms with E-state index < -0.39 is 5.82 Å². The first-order valence-corrected chi connectivity index (χ1v) is 5.37. The second-order valence-corrected chi connectivity index (χ2v) is 3.55. The number of anilines is 2. The van der Waals surface area contributed by atoms with Crippen LogP contribution in [0.2, 0.25) is 0 Å². The summed E-state index contributed by atoms with van der Waals surface area (Å²) in [5.41, 5.74) is 5.80. The number of hydrogen-bond donors (Lipinski definition) is 2. The maximum atomic E-state index is 13.1. The number of nitrogens with two attached hydrogens (primary N) is 1. The summed E-state index contributed by atoms with van der Waals surface area (Å²) in [6.45, 7) is 0. The Hall–Kier alpha value is -1.23. The van der Waals surface area contributed by atoms with Gasteiger partial charge in [0.1, 0.15) is 11.5 Å². The molecule has 0 saturated carbocycles. The van der Waals surface area contributed by atoms with Gasteiger partial charge in [-0.05, 0) is 18.4 Å². The van der Waals surface area contributed by atoms with Gasteiger partial charge >= 0.3 is 0 Å². The summed E-state index contributed by atoms with van der Waals surface area (Å²) in [7, 11) is 0. The first-order chi connectivity index (χ1) is 6.65. The molecule has 0 unspecified atom stereocenters. The molecule has 76 valence electrons. The van der Waals surface area contributed by atoms with E-state index in [1.807, 2.05) is 0 Å². The van der Waals surface area contributed by atoms with Crippen LogP contribution >= 0.6 is 11.8 Å². The van der Waals surface area contributed by atoms with E-state index in [2.05, 4.69) is 5.32 Å². The third-order valence-corrected chi connectivity index (χ3v) is 2.14. The normalized spacial score (nSPS) is 9.86. The molecular formula is C9H11FN2OS. The summed E-state index contributed by atoms with van der Waals surface area (Å²) in [5, 5.41) is 2.42. The number of carbonyl (C=O) groups is 1. The summed E-state index contributed by atoms with van der Waals surface area (Å²) in [6.07, 6.45) is 1.80. The number of carbonyl (C=O) groups excluding carboxylic acids is 1. The minimum Gasteiger partial charge on any atom is -0.397 e. The first-order valence-electron chi connectivity index (χ1n) is 3.98. The van der Waals surface area contributed by atoms with Gasteiger partial charge in [0.15, 0.2) is 0 Å². The van der Waals surface area contributed by atoms with E-state index in [4.69, 9.17) is 5.73 Å². The van der Waals surface area contributed by atoms with Gasteiger partial charge in [0.05, 0.1) is 11.4 Å². The van der Waals surface area contributed by atoms with E-state index in [1.165, 1.54) is 30.0 Å². The van der Waals surface area contributed by atoms with Crippen molar-refractivity contribution in [1.29, 1.82) is 0 Å². The van der Waals surface area contributed by atoms with Crippen LogP contribution in [0.15, 0.2) is 18.2 Å². The molecule has 0 aromatic heterocycles. The molecule has 0 heterocycles.